The van der Waals surface area contributed by atoms with Gasteiger partial charge in [-0.1, -0.05) is 59.6 Å². The van der Waals surface area contributed by atoms with Crippen LogP contribution >= 0.6 is 23.2 Å². The standard InChI is InChI=1S/C28H16Cl2N4O4/c29-25-19(3-1-5-21(25)23-9-7-17(15-35)27(33-23)37-13-11-31)20-4-2-6-22(26(20)30)24-10-8-18(16-36)28(34-24)38-14-12-32/h1-10,15-16H,13-14H2. The van der Waals surface area contributed by atoms with Gasteiger partial charge in [0, 0.05) is 22.3 Å². The second kappa shape index (κ2) is 12.0. The summed E-state index contributed by atoms with van der Waals surface area (Å²) in [6, 6.07) is 20.7. The summed E-state index contributed by atoms with van der Waals surface area (Å²) in [5, 5.41) is 18.4. The number of benzene rings is 2. The van der Waals surface area contributed by atoms with Crippen LogP contribution in [0, 0.1) is 22.7 Å². The number of aromatic nitrogens is 2. The van der Waals surface area contributed by atoms with Crippen molar-refractivity contribution in [2.75, 3.05) is 13.2 Å². The molecule has 2 aromatic carbocycles. The fourth-order valence-corrected chi connectivity index (χ4v) is 4.34. The van der Waals surface area contributed by atoms with Crippen LogP contribution in [0.2, 0.25) is 10.0 Å². The van der Waals surface area contributed by atoms with Crippen LogP contribution in [0.25, 0.3) is 33.6 Å². The zero-order valence-electron chi connectivity index (χ0n) is 19.5. The molecule has 0 bridgehead atoms. The van der Waals surface area contributed by atoms with Gasteiger partial charge in [0.05, 0.1) is 32.6 Å². The van der Waals surface area contributed by atoms with E-state index in [9.17, 15) is 9.59 Å². The first-order chi connectivity index (χ1) is 18.5. The molecular formula is C28H16Cl2N4O4. The van der Waals surface area contributed by atoms with Crippen molar-refractivity contribution in [2.45, 2.75) is 0 Å². The fraction of sp³-hybridized carbons (Fsp3) is 0.0714. The van der Waals surface area contributed by atoms with Crippen molar-refractivity contribution in [3.05, 3.63) is 81.8 Å². The molecule has 2 aromatic heterocycles. The largest absolute Gasteiger partial charge is 0.462 e. The first-order valence-corrected chi connectivity index (χ1v) is 11.8. The van der Waals surface area contributed by atoms with Gasteiger partial charge in [0.1, 0.15) is 12.1 Å². The van der Waals surface area contributed by atoms with E-state index >= 15 is 0 Å². The molecule has 186 valence electrons. The Kier molecular flexibility index (Phi) is 8.30. The van der Waals surface area contributed by atoms with Crippen molar-refractivity contribution in [2.24, 2.45) is 0 Å². The quantitative estimate of drug-likeness (QED) is 0.228. The fourth-order valence-electron chi connectivity index (χ4n) is 3.69. The monoisotopic (exact) mass is 542 g/mol. The van der Waals surface area contributed by atoms with Crippen molar-refractivity contribution < 1.29 is 19.1 Å². The Morgan fingerprint density at radius 1 is 0.658 bits per heavy atom. The highest BCUT2D eigenvalue weighted by molar-refractivity contribution is 6.39. The summed E-state index contributed by atoms with van der Waals surface area (Å²) in [5.41, 5.74) is 3.64. The number of rotatable bonds is 9. The molecule has 0 aliphatic carbocycles. The maximum absolute atomic E-state index is 11.4. The van der Waals surface area contributed by atoms with Gasteiger partial charge in [-0.25, -0.2) is 9.97 Å². The SMILES string of the molecule is N#CCOc1nc(-c2cccc(-c3cccc(-c4ccc(C=O)c(OCC#N)n4)c3Cl)c2Cl)ccc1C=O. The molecule has 0 aliphatic rings. The molecule has 38 heavy (non-hydrogen) atoms. The molecule has 0 amide bonds. The summed E-state index contributed by atoms with van der Waals surface area (Å²) < 4.78 is 10.6. The topological polar surface area (TPSA) is 126 Å². The lowest BCUT2D eigenvalue weighted by molar-refractivity contribution is 0.111. The molecular weight excluding hydrogens is 527 g/mol. The van der Waals surface area contributed by atoms with E-state index in [0.717, 1.165) is 0 Å². The normalized spacial score (nSPS) is 10.2. The Morgan fingerprint density at radius 3 is 1.42 bits per heavy atom. The highest BCUT2D eigenvalue weighted by Crippen LogP contribution is 2.42. The van der Waals surface area contributed by atoms with Crippen LogP contribution in [0.4, 0.5) is 0 Å². The van der Waals surface area contributed by atoms with Gasteiger partial charge in [-0.05, 0) is 24.3 Å². The second-order valence-corrected chi connectivity index (χ2v) is 8.40. The third kappa shape index (κ3) is 5.33. The molecule has 2 heterocycles. The Bertz CT molecular complexity index is 1510. The Labute approximate surface area is 227 Å². The molecule has 0 N–H and O–H groups in total. The highest BCUT2D eigenvalue weighted by Gasteiger charge is 2.18. The van der Waals surface area contributed by atoms with Crippen molar-refractivity contribution in [1.82, 2.24) is 9.97 Å². The first-order valence-electron chi connectivity index (χ1n) is 11.0. The summed E-state index contributed by atoms with van der Waals surface area (Å²) in [5.74, 6) is 0.0552. The minimum atomic E-state index is -0.265. The van der Waals surface area contributed by atoms with E-state index in [1.807, 2.05) is 12.1 Å². The van der Waals surface area contributed by atoms with Crippen molar-refractivity contribution in [3.63, 3.8) is 0 Å². The molecule has 4 rings (SSSR count). The minimum absolute atomic E-state index is 0.0276. The summed E-state index contributed by atoms with van der Waals surface area (Å²) in [7, 11) is 0. The van der Waals surface area contributed by atoms with Crippen LogP contribution in [0.5, 0.6) is 11.8 Å². The highest BCUT2D eigenvalue weighted by atomic mass is 35.5. The lowest BCUT2D eigenvalue weighted by atomic mass is 9.98. The number of nitrogens with zero attached hydrogens (tertiary/aromatic N) is 4. The summed E-state index contributed by atoms with van der Waals surface area (Å²) >= 11 is 13.7. The minimum Gasteiger partial charge on any atom is -0.462 e. The molecule has 0 saturated heterocycles. The van der Waals surface area contributed by atoms with Crippen molar-refractivity contribution in [1.29, 1.82) is 10.5 Å². The van der Waals surface area contributed by atoms with Gasteiger partial charge in [-0.2, -0.15) is 10.5 Å². The van der Waals surface area contributed by atoms with E-state index in [0.29, 0.717) is 56.3 Å². The van der Waals surface area contributed by atoms with Crippen LogP contribution in [0.15, 0.2) is 60.7 Å². The zero-order chi connectivity index (χ0) is 27.1. The first kappa shape index (κ1) is 26.3. The van der Waals surface area contributed by atoms with Gasteiger partial charge in [0.15, 0.2) is 25.8 Å². The number of pyridine rings is 2. The van der Waals surface area contributed by atoms with Crippen molar-refractivity contribution in [3.8, 4) is 57.5 Å². The van der Waals surface area contributed by atoms with Gasteiger partial charge in [0.2, 0.25) is 11.8 Å². The van der Waals surface area contributed by atoms with Gasteiger partial charge in [-0.15, -0.1) is 0 Å². The van der Waals surface area contributed by atoms with E-state index < -0.39 is 0 Å². The van der Waals surface area contributed by atoms with Crippen LogP contribution in [0.1, 0.15) is 20.7 Å². The summed E-state index contributed by atoms with van der Waals surface area (Å²) in [6.07, 6.45) is 1.19. The van der Waals surface area contributed by atoms with E-state index in [-0.39, 0.29) is 36.1 Å². The summed E-state index contributed by atoms with van der Waals surface area (Å²) in [6.45, 7) is -0.531. The third-order valence-corrected chi connectivity index (χ3v) is 6.23. The van der Waals surface area contributed by atoms with Gasteiger partial charge >= 0.3 is 0 Å². The number of halogens is 2. The maximum Gasteiger partial charge on any atom is 0.225 e. The third-order valence-electron chi connectivity index (χ3n) is 5.42. The Morgan fingerprint density at radius 2 is 1.05 bits per heavy atom. The van der Waals surface area contributed by atoms with E-state index in [2.05, 4.69) is 9.97 Å². The molecule has 0 saturated carbocycles. The zero-order valence-corrected chi connectivity index (χ0v) is 21.0. The molecule has 10 heteroatoms. The molecule has 0 aliphatic heterocycles. The number of carbonyl (C=O) groups excluding carboxylic acids is 2. The van der Waals surface area contributed by atoms with E-state index in [1.54, 1.807) is 60.7 Å². The average molecular weight is 543 g/mol. The Balaban J connectivity index is 1.79. The number of aldehydes is 2. The van der Waals surface area contributed by atoms with Gasteiger partial charge in [-0.3, -0.25) is 9.59 Å². The molecule has 0 radical (unpaired) electrons. The molecule has 8 nitrogen and oxygen atoms in total. The number of hydrogen-bond donors (Lipinski definition) is 0. The molecule has 0 spiro atoms. The van der Waals surface area contributed by atoms with E-state index in [1.165, 1.54) is 0 Å². The molecule has 0 fully saturated rings. The van der Waals surface area contributed by atoms with E-state index in [4.69, 9.17) is 43.2 Å². The van der Waals surface area contributed by atoms with Crippen LogP contribution in [-0.4, -0.2) is 35.8 Å². The van der Waals surface area contributed by atoms with Crippen molar-refractivity contribution >= 4 is 35.8 Å². The number of carbonyl (C=O) groups is 2. The lowest BCUT2D eigenvalue weighted by Gasteiger charge is -2.14. The average Bonchev–Trinajstić information content (AvgIpc) is 2.95. The van der Waals surface area contributed by atoms with Gasteiger partial charge in [0.25, 0.3) is 0 Å². The predicted octanol–water partition coefficient (Wildman–Crippen LogP) is 6.21. The predicted molar refractivity (Wildman–Crippen MR) is 141 cm³/mol. The number of nitriles is 2. The van der Waals surface area contributed by atoms with Crippen LogP contribution in [-0.2, 0) is 0 Å². The summed E-state index contributed by atoms with van der Waals surface area (Å²) in [4.78, 5) is 31.5. The Hall–Kier alpha value is -4.76. The number of hydrogen-bond acceptors (Lipinski definition) is 8. The lowest BCUT2D eigenvalue weighted by Crippen LogP contribution is -2.01. The van der Waals surface area contributed by atoms with Crippen LogP contribution in [0.3, 0.4) is 0 Å². The van der Waals surface area contributed by atoms with Gasteiger partial charge < -0.3 is 9.47 Å². The second-order valence-electron chi connectivity index (χ2n) is 7.65. The van der Waals surface area contributed by atoms with Crippen LogP contribution < -0.4 is 9.47 Å². The maximum atomic E-state index is 11.4. The molecule has 0 atom stereocenters. The molecule has 4 aromatic rings. The number of ether oxygens (including phenoxy) is 2. The smallest absolute Gasteiger partial charge is 0.225 e. The molecule has 0 unspecified atom stereocenters.